The van der Waals surface area contributed by atoms with Crippen LogP contribution in [0.15, 0.2) is 0 Å². The lowest BCUT2D eigenvalue weighted by Crippen LogP contribution is -2.35. The first-order valence-electron chi connectivity index (χ1n) is 7.84. The van der Waals surface area contributed by atoms with Crippen LogP contribution in [0.3, 0.4) is 0 Å². The van der Waals surface area contributed by atoms with Crippen LogP contribution in [0, 0.1) is 5.41 Å². The minimum atomic E-state index is 0.0569. The van der Waals surface area contributed by atoms with E-state index in [1.54, 1.807) is 18.4 Å². The van der Waals surface area contributed by atoms with Crippen LogP contribution in [0.5, 0.6) is 0 Å². The molecule has 21 heavy (non-hydrogen) atoms. The molecule has 1 unspecified atom stereocenters. The first-order valence-corrected chi connectivity index (χ1v) is 8.66. The average Bonchev–Trinajstić information content (AvgIpc) is 2.68. The van der Waals surface area contributed by atoms with E-state index in [-0.39, 0.29) is 17.1 Å². The van der Waals surface area contributed by atoms with E-state index >= 15 is 0 Å². The van der Waals surface area contributed by atoms with Crippen LogP contribution in [0.4, 0.5) is 0 Å². The van der Waals surface area contributed by atoms with Crippen LogP contribution in [0.1, 0.15) is 76.6 Å². The zero-order valence-electron chi connectivity index (χ0n) is 15.0. The van der Waals surface area contributed by atoms with Gasteiger partial charge in [-0.3, -0.25) is 0 Å². The zero-order valence-corrected chi connectivity index (χ0v) is 15.8. The van der Waals surface area contributed by atoms with Crippen molar-refractivity contribution in [3.63, 3.8) is 0 Å². The van der Waals surface area contributed by atoms with E-state index in [1.165, 1.54) is 10.6 Å². The van der Waals surface area contributed by atoms with Gasteiger partial charge < -0.3 is 10.1 Å². The third kappa shape index (κ3) is 5.68. The van der Waals surface area contributed by atoms with E-state index in [0.29, 0.717) is 0 Å². The van der Waals surface area contributed by atoms with Crippen molar-refractivity contribution in [3.8, 4) is 0 Å². The van der Waals surface area contributed by atoms with Crippen LogP contribution < -0.4 is 5.32 Å². The molecular weight excluding hydrogens is 280 g/mol. The highest BCUT2D eigenvalue weighted by Gasteiger charge is 2.30. The Morgan fingerprint density at radius 2 is 1.81 bits per heavy atom. The molecule has 0 saturated carbocycles. The summed E-state index contributed by atoms with van der Waals surface area (Å²) in [6, 6.07) is 0. The summed E-state index contributed by atoms with van der Waals surface area (Å²) in [5.41, 5.74) is 1.42. The second kappa shape index (κ2) is 7.21. The standard InChI is InChI=1S/C17H32N2OS/c1-9-10-12-13(11-18-17(5,6)7)21-15(19-12)14(20-8)16(2,3)4/h14,18H,9-11H2,1-8H3. The summed E-state index contributed by atoms with van der Waals surface area (Å²) in [6.45, 7) is 16.3. The van der Waals surface area contributed by atoms with Gasteiger partial charge in [0.25, 0.3) is 0 Å². The number of nitrogens with zero attached hydrogens (tertiary/aromatic N) is 1. The second-order valence-electron chi connectivity index (χ2n) is 7.76. The monoisotopic (exact) mass is 312 g/mol. The molecule has 0 spiro atoms. The maximum absolute atomic E-state index is 5.72. The number of nitrogens with one attached hydrogen (secondary N) is 1. The van der Waals surface area contributed by atoms with Crippen molar-refractivity contribution in [2.45, 2.75) is 79.5 Å². The van der Waals surface area contributed by atoms with Gasteiger partial charge in [-0.1, -0.05) is 34.1 Å². The number of methoxy groups -OCH3 is 1. The predicted molar refractivity (Wildman–Crippen MR) is 91.9 cm³/mol. The van der Waals surface area contributed by atoms with Gasteiger partial charge in [-0.05, 0) is 32.6 Å². The van der Waals surface area contributed by atoms with Crippen molar-refractivity contribution in [1.82, 2.24) is 10.3 Å². The quantitative estimate of drug-likeness (QED) is 0.825. The van der Waals surface area contributed by atoms with Crippen LogP contribution in [-0.2, 0) is 17.7 Å². The van der Waals surface area contributed by atoms with Crippen LogP contribution in [0.2, 0.25) is 0 Å². The van der Waals surface area contributed by atoms with E-state index in [9.17, 15) is 0 Å². The lowest BCUT2D eigenvalue weighted by Gasteiger charge is -2.27. The smallest absolute Gasteiger partial charge is 0.123 e. The van der Waals surface area contributed by atoms with Crippen molar-refractivity contribution >= 4 is 11.3 Å². The van der Waals surface area contributed by atoms with Gasteiger partial charge >= 0.3 is 0 Å². The summed E-state index contributed by atoms with van der Waals surface area (Å²) < 4.78 is 5.72. The third-order valence-corrected chi connectivity index (χ3v) is 4.45. The van der Waals surface area contributed by atoms with Gasteiger partial charge in [0.1, 0.15) is 11.1 Å². The van der Waals surface area contributed by atoms with E-state index in [2.05, 4.69) is 53.8 Å². The molecule has 0 aliphatic rings. The Kier molecular flexibility index (Phi) is 6.38. The molecule has 122 valence electrons. The minimum absolute atomic E-state index is 0.0569. The SMILES string of the molecule is CCCc1nc(C(OC)C(C)(C)C)sc1CNC(C)(C)C. The van der Waals surface area contributed by atoms with Crippen molar-refractivity contribution in [1.29, 1.82) is 0 Å². The first kappa shape index (κ1) is 18.6. The summed E-state index contributed by atoms with van der Waals surface area (Å²) in [7, 11) is 1.78. The average molecular weight is 313 g/mol. The molecule has 3 nitrogen and oxygen atoms in total. The lowest BCUT2D eigenvalue weighted by atomic mass is 9.89. The molecule has 1 aromatic heterocycles. The van der Waals surface area contributed by atoms with E-state index in [1.807, 2.05) is 0 Å². The summed E-state index contributed by atoms with van der Waals surface area (Å²) in [5.74, 6) is 0. The summed E-state index contributed by atoms with van der Waals surface area (Å²) in [5, 5.41) is 4.69. The molecule has 0 radical (unpaired) electrons. The Morgan fingerprint density at radius 3 is 2.24 bits per heavy atom. The van der Waals surface area contributed by atoms with Crippen LogP contribution >= 0.6 is 11.3 Å². The molecule has 1 aromatic rings. The topological polar surface area (TPSA) is 34.1 Å². The Balaban J connectivity index is 3.03. The molecular formula is C17H32N2OS. The van der Waals surface area contributed by atoms with Crippen molar-refractivity contribution in [3.05, 3.63) is 15.6 Å². The fourth-order valence-corrected chi connectivity index (χ4v) is 3.63. The molecule has 0 saturated heterocycles. The van der Waals surface area contributed by atoms with Crippen molar-refractivity contribution in [2.24, 2.45) is 5.41 Å². The first-order chi connectivity index (χ1) is 9.58. The highest BCUT2D eigenvalue weighted by Crippen LogP contribution is 2.38. The molecule has 1 rings (SSSR count). The Morgan fingerprint density at radius 1 is 1.19 bits per heavy atom. The van der Waals surface area contributed by atoms with E-state index in [4.69, 9.17) is 9.72 Å². The number of ether oxygens (including phenoxy) is 1. The maximum atomic E-state index is 5.72. The fourth-order valence-electron chi connectivity index (χ4n) is 2.26. The van der Waals surface area contributed by atoms with Crippen LogP contribution in [0.25, 0.3) is 0 Å². The Hall–Kier alpha value is -0.450. The largest absolute Gasteiger partial charge is 0.374 e. The Labute approximate surface area is 134 Å². The molecule has 1 heterocycles. The van der Waals surface area contributed by atoms with Gasteiger partial charge in [0, 0.05) is 24.1 Å². The third-order valence-electron chi connectivity index (χ3n) is 3.31. The number of hydrogen-bond acceptors (Lipinski definition) is 4. The molecule has 0 aromatic carbocycles. The molecule has 0 bridgehead atoms. The van der Waals surface area contributed by atoms with Gasteiger partial charge in [0.05, 0.1) is 5.69 Å². The number of aromatic nitrogens is 1. The van der Waals surface area contributed by atoms with Gasteiger partial charge in [0.2, 0.25) is 0 Å². The Bertz CT molecular complexity index is 441. The van der Waals surface area contributed by atoms with Gasteiger partial charge in [-0.25, -0.2) is 4.98 Å². The van der Waals surface area contributed by atoms with Gasteiger partial charge in [-0.15, -0.1) is 11.3 Å². The predicted octanol–water partition coefficient (Wildman–Crippen LogP) is 4.72. The van der Waals surface area contributed by atoms with Gasteiger partial charge in [0.15, 0.2) is 0 Å². The molecule has 0 fully saturated rings. The normalized spacial score (nSPS) is 14.5. The lowest BCUT2D eigenvalue weighted by molar-refractivity contribution is 0.0149. The summed E-state index contributed by atoms with van der Waals surface area (Å²) in [6.07, 6.45) is 2.22. The maximum Gasteiger partial charge on any atom is 0.123 e. The number of aryl methyl sites for hydroxylation is 1. The molecule has 1 atom stereocenters. The van der Waals surface area contributed by atoms with Crippen molar-refractivity contribution < 1.29 is 4.74 Å². The highest BCUT2D eigenvalue weighted by molar-refractivity contribution is 7.11. The molecule has 4 heteroatoms. The molecule has 0 aliphatic heterocycles. The van der Waals surface area contributed by atoms with Gasteiger partial charge in [-0.2, -0.15) is 0 Å². The van der Waals surface area contributed by atoms with Crippen LogP contribution in [-0.4, -0.2) is 17.6 Å². The minimum Gasteiger partial charge on any atom is -0.374 e. The zero-order chi connectivity index (χ0) is 16.3. The molecule has 0 aliphatic carbocycles. The highest BCUT2D eigenvalue weighted by atomic mass is 32.1. The second-order valence-corrected chi connectivity index (χ2v) is 8.87. The molecule has 0 amide bonds. The summed E-state index contributed by atoms with van der Waals surface area (Å²) >= 11 is 1.80. The van der Waals surface area contributed by atoms with E-state index < -0.39 is 0 Å². The molecule has 1 N–H and O–H groups in total. The van der Waals surface area contributed by atoms with E-state index in [0.717, 1.165) is 24.4 Å². The number of hydrogen-bond donors (Lipinski definition) is 1. The van der Waals surface area contributed by atoms with Crippen molar-refractivity contribution in [2.75, 3.05) is 7.11 Å². The number of rotatable bonds is 6. The number of thiazole rings is 1. The fraction of sp³-hybridized carbons (Fsp3) is 0.824. The summed E-state index contributed by atoms with van der Waals surface area (Å²) in [4.78, 5) is 6.25.